The van der Waals surface area contributed by atoms with Gasteiger partial charge < -0.3 is 11.1 Å². The average Bonchev–Trinajstić information content (AvgIpc) is 2.28. The first-order chi connectivity index (χ1) is 7.65. The third kappa shape index (κ3) is 4.52. The van der Waals surface area contributed by atoms with Gasteiger partial charge in [0.1, 0.15) is 0 Å². The van der Waals surface area contributed by atoms with Gasteiger partial charge in [-0.1, -0.05) is 33.1 Å². The summed E-state index contributed by atoms with van der Waals surface area (Å²) in [6.07, 6.45) is 7.47. The second kappa shape index (κ2) is 6.89. The Hall–Kier alpha value is -0.570. The summed E-state index contributed by atoms with van der Waals surface area (Å²) in [4.78, 5) is 11.7. The quantitative estimate of drug-likeness (QED) is 0.755. The van der Waals surface area contributed by atoms with Crippen LogP contribution in [0.25, 0.3) is 0 Å². The summed E-state index contributed by atoms with van der Waals surface area (Å²) in [6, 6.07) is 0.417. The summed E-state index contributed by atoms with van der Waals surface area (Å²) in [5.41, 5.74) is 5.77. The van der Waals surface area contributed by atoms with Crippen LogP contribution in [0.2, 0.25) is 0 Å². The molecular weight excluding hydrogens is 200 g/mol. The van der Waals surface area contributed by atoms with Crippen molar-refractivity contribution < 1.29 is 4.79 Å². The topological polar surface area (TPSA) is 55.1 Å². The molecule has 0 aromatic rings. The highest BCUT2D eigenvalue weighted by Crippen LogP contribution is 2.26. The first kappa shape index (κ1) is 13.5. The Bertz CT molecular complexity index is 218. The van der Waals surface area contributed by atoms with Crippen molar-refractivity contribution in [1.29, 1.82) is 0 Å². The van der Waals surface area contributed by atoms with Crippen molar-refractivity contribution in [2.45, 2.75) is 70.9 Å². The zero-order valence-corrected chi connectivity index (χ0v) is 10.7. The third-order valence-electron chi connectivity index (χ3n) is 3.70. The molecule has 0 aromatic heterocycles. The molecule has 0 bridgehead atoms. The average molecular weight is 226 g/mol. The molecule has 3 heteroatoms. The molecule has 0 saturated heterocycles. The van der Waals surface area contributed by atoms with Crippen LogP contribution in [0.4, 0.5) is 0 Å². The molecule has 3 N–H and O–H groups in total. The Kier molecular flexibility index (Phi) is 5.81. The van der Waals surface area contributed by atoms with E-state index in [1.807, 2.05) is 6.92 Å². The fraction of sp³-hybridized carbons (Fsp3) is 0.923. The SMILES string of the molecule is CCC(N)CC(=O)NC1CCCC(CC)C1. The molecule has 0 heterocycles. The number of carbonyl (C=O) groups is 1. The number of nitrogens with one attached hydrogen (secondary N) is 1. The summed E-state index contributed by atoms with van der Waals surface area (Å²) >= 11 is 0. The standard InChI is InChI=1S/C13H26N2O/c1-3-10-6-5-7-12(8-10)15-13(16)9-11(14)4-2/h10-12H,3-9,14H2,1-2H3,(H,15,16). The minimum atomic E-state index is 0.0190. The first-order valence-corrected chi connectivity index (χ1v) is 6.70. The van der Waals surface area contributed by atoms with E-state index in [4.69, 9.17) is 5.73 Å². The molecule has 0 spiro atoms. The minimum absolute atomic E-state index is 0.0190. The van der Waals surface area contributed by atoms with Crippen molar-refractivity contribution >= 4 is 5.91 Å². The number of carbonyl (C=O) groups excluding carboxylic acids is 1. The van der Waals surface area contributed by atoms with Gasteiger partial charge in [0, 0.05) is 18.5 Å². The third-order valence-corrected chi connectivity index (χ3v) is 3.70. The Balaban J connectivity index is 2.27. The van der Waals surface area contributed by atoms with Gasteiger partial charge in [-0.05, 0) is 25.2 Å². The molecule has 0 aromatic carbocycles. The van der Waals surface area contributed by atoms with E-state index >= 15 is 0 Å². The van der Waals surface area contributed by atoms with Gasteiger partial charge in [0.25, 0.3) is 0 Å². The van der Waals surface area contributed by atoms with Gasteiger partial charge in [-0.25, -0.2) is 0 Å². The van der Waals surface area contributed by atoms with E-state index in [9.17, 15) is 4.79 Å². The maximum atomic E-state index is 11.7. The van der Waals surface area contributed by atoms with Crippen LogP contribution in [0, 0.1) is 5.92 Å². The van der Waals surface area contributed by atoms with Crippen molar-refractivity contribution in [3.63, 3.8) is 0 Å². The number of hydrogen-bond donors (Lipinski definition) is 2. The molecule has 1 saturated carbocycles. The van der Waals surface area contributed by atoms with Gasteiger partial charge in [0.15, 0.2) is 0 Å². The Morgan fingerprint density at radius 1 is 1.44 bits per heavy atom. The normalized spacial score (nSPS) is 27.4. The Labute approximate surface area is 99.2 Å². The summed E-state index contributed by atoms with van der Waals surface area (Å²) in [5, 5.41) is 3.13. The number of hydrogen-bond acceptors (Lipinski definition) is 2. The second-order valence-electron chi connectivity index (χ2n) is 5.08. The summed E-state index contributed by atoms with van der Waals surface area (Å²) in [7, 11) is 0. The zero-order valence-electron chi connectivity index (χ0n) is 10.7. The van der Waals surface area contributed by atoms with Crippen molar-refractivity contribution in [2.24, 2.45) is 11.7 Å². The van der Waals surface area contributed by atoms with Crippen molar-refractivity contribution in [2.75, 3.05) is 0 Å². The van der Waals surface area contributed by atoms with Crippen LogP contribution in [0.1, 0.15) is 58.8 Å². The second-order valence-corrected chi connectivity index (χ2v) is 5.08. The molecular formula is C13H26N2O. The van der Waals surface area contributed by atoms with Gasteiger partial charge in [-0.2, -0.15) is 0 Å². The van der Waals surface area contributed by atoms with Crippen LogP contribution >= 0.6 is 0 Å². The van der Waals surface area contributed by atoms with E-state index < -0.39 is 0 Å². The molecule has 1 rings (SSSR count). The number of nitrogens with two attached hydrogens (primary N) is 1. The van der Waals surface area contributed by atoms with E-state index in [2.05, 4.69) is 12.2 Å². The maximum absolute atomic E-state index is 11.7. The molecule has 3 atom stereocenters. The molecule has 1 aliphatic rings. The van der Waals surface area contributed by atoms with E-state index in [0.717, 1.165) is 25.2 Å². The van der Waals surface area contributed by atoms with Crippen LogP contribution in [0.3, 0.4) is 0 Å². The highest BCUT2D eigenvalue weighted by atomic mass is 16.1. The van der Waals surface area contributed by atoms with E-state index in [1.54, 1.807) is 0 Å². The number of amides is 1. The molecule has 0 radical (unpaired) electrons. The highest BCUT2D eigenvalue weighted by molar-refractivity contribution is 5.76. The Morgan fingerprint density at radius 2 is 2.19 bits per heavy atom. The van der Waals surface area contributed by atoms with Gasteiger partial charge in [-0.15, -0.1) is 0 Å². The highest BCUT2D eigenvalue weighted by Gasteiger charge is 2.22. The smallest absolute Gasteiger partial charge is 0.221 e. The van der Waals surface area contributed by atoms with Crippen molar-refractivity contribution in [3.8, 4) is 0 Å². The van der Waals surface area contributed by atoms with E-state index in [0.29, 0.717) is 12.5 Å². The molecule has 1 fully saturated rings. The van der Waals surface area contributed by atoms with Crippen LogP contribution in [-0.2, 0) is 4.79 Å². The lowest BCUT2D eigenvalue weighted by Crippen LogP contribution is -2.40. The summed E-state index contributed by atoms with van der Waals surface area (Å²) in [5.74, 6) is 0.940. The van der Waals surface area contributed by atoms with Gasteiger partial charge in [0.2, 0.25) is 5.91 Å². The van der Waals surface area contributed by atoms with Crippen molar-refractivity contribution in [1.82, 2.24) is 5.32 Å². The monoisotopic (exact) mass is 226 g/mol. The van der Waals surface area contributed by atoms with Crippen LogP contribution in [-0.4, -0.2) is 18.0 Å². The van der Waals surface area contributed by atoms with E-state index in [-0.39, 0.29) is 11.9 Å². The van der Waals surface area contributed by atoms with Crippen LogP contribution in [0.5, 0.6) is 0 Å². The number of rotatable bonds is 5. The maximum Gasteiger partial charge on any atom is 0.221 e. The molecule has 1 aliphatic carbocycles. The summed E-state index contributed by atoms with van der Waals surface area (Å²) in [6.45, 7) is 4.26. The predicted octanol–water partition coefficient (Wildman–Crippen LogP) is 2.20. The molecule has 0 aliphatic heterocycles. The first-order valence-electron chi connectivity index (χ1n) is 6.70. The van der Waals surface area contributed by atoms with Crippen LogP contribution < -0.4 is 11.1 Å². The fourth-order valence-electron chi connectivity index (χ4n) is 2.46. The van der Waals surface area contributed by atoms with Gasteiger partial charge in [0.05, 0.1) is 0 Å². The molecule has 3 nitrogen and oxygen atoms in total. The molecule has 16 heavy (non-hydrogen) atoms. The van der Waals surface area contributed by atoms with E-state index in [1.165, 1.54) is 19.3 Å². The lowest BCUT2D eigenvalue weighted by molar-refractivity contribution is -0.122. The largest absolute Gasteiger partial charge is 0.353 e. The minimum Gasteiger partial charge on any atom is -0.353 e. The molecule has 1 amide bonds. The fourth-order valence-corrected chi connectivity index (χ4v) is 2.46. The molecule has 3 unspecified atom stereocenters. The Morgan fingerprint density at radius 3 is 2.81 bits per heavy atom. The lowest BCUT2D eigenvalue weighted by atomic mass is 9.84. The zero-order chi connectivity index (χ0) is 12.0. The van der Waals surface area contributed by atoms with Gasteiger partial charge in [-0.3, -0.25) is 4.79 Å². The summed E-state index contributed by atoms with van der Waals surface area (Å²) < 4.78 is 0. The van der Waals surface area contributed by atoms with Crippen LogP contribution in [0.15, 0.2) is 0 Å². The predicted molar refractivity (Wildman–Crippen MR) is 67.1 cm³/mol. The van der Waals surface area contributed by atoms with Gasteiger partial charge >= 0.3 is 0 Å². The molecule has 94 valence electrons. The van der Waals surface area contributed by atoms with Crippen molar-refractivity contribution in [3.05, 3.63) is 0 Å². The lowest BCUT2D eigenvalue weighted by Gasteiger charge is -2.29.